The van der Waals surface area contributed by atoms with Crippen LogP contribution in [0.3, 0.4) is 0 Å². The van der Waals surface area contributed by atoms with Crippen LogP contribution in [0.25, 0.3) is 77.1 Å². The van der Waals surface area contributed by atoms with Crippen LogP contribution in [0.2, 0.25) is 0 Å². The Morgan fingerprint density at radius 3 is 1.70 bits per heavy atom. The number of fused-ring (bicyclic) bond motifs is 9. The highest BCUT2D eigenvalue weighted by atomic mass is 16.3. The molecule has 46 heavy (non-hydrogen) atoms. The van der Waals surface area contributed by atoms with Gasteiger partial charge < -0.3 is 18.2 Å². The van der Waals surface area contributed by atoms with E-state index in [0.29, 0.717) is 0 Å². The van der Waals surface area contributed by atoms with Crippen molar-refractivity contribution in [3.8, 4) is 11.1 Å². The maximum Gasteiger partial charge on any atom is 0.154 e. The summed E-state index contributed by atoms with van der Waals surface area (Å²) in [6.07, 6.45) is 1.92. The van der Waals surface area contributed by atoms with E-state index in [1.807, 2.05) is 66.9 Å². The molecule has 216 valence electrons. The van der Waals surface area contributed by atoms with E-state index >= 15 is 0 Å². The number of benzene rings is 6. The topological polar surface area (TPSA) is 55.6 Å². The molecule has 4 heterocycles. The molecule has 0 atom stereocenters. The molecule has 0 saturated heterocycles. The lowest BCUT2D eigenvalue weighted by atomic mass is 10.1. The summed E-state index contributed by atoms with van der Waals surface area (Å²) in [7, 11) is 0. The predicted molar refractivity (Wildman–Crippen MR) is 186 cm³/mol. The number of nitrogens with zero attached hydrogens (tertiary/aromatic N) is 2. The second-order valence-corrected chi connectivity index (χ2v) is 11.6. The van der Waals surface area contributed by atoms with Gasteiger partial charge in [0.25, 0.3) is 0 Å². The maximum absolute atomic E-state index is 6.31. The van der Waals surface area contributed by atoms with Crippen molar-refractivity contribution >= 4 is 83.0 Å². The molecular formula is C41H24N2O3. The Morgan fingerprint density at radius 1 is 0.370 bits per heavy atom. The minimum Gasteiger partial charge on any atom is -0.456 e. The zero-order valence-corrected chi connectivity index (χ0v) is 24.5. The highest BCUT2D eigenvalue weighted by Crippen LogP contribution is 2.41. The SMILES string of the molecule is c1ccc2c(c1)oc1cc(N(c3ccc(-c4cnc5c(c4)oc4ccccc45)cc3)c3ccc4oc5ccccc5c4c3)ccc12. The van der Waals surface area contributed by atoms with Gasteiger partial charge in [-0.25, -0.2) is 0 Å². The summed E-state index contributed by atoms with van der Waals surface area (Å²) in [5.74, 6) is 0. The van der Waals surface area contributed by atoms with Crippen LogP contribution in [-0.4, -0.2) is 4.98 Å². The first kappa shape index (κ1) is 25.0. The van der Waals surface area contributed by atoms with Crippen LogP contribution in [-0.2, 0) is 0 Å². The van der Waals surface area contributed by atoms with Gasteiger partial charge in [-0.05, 0) is 78.4 Å². The predicted octanol–water partition coefficient (Wildman–Crippen LogP) is 11.9. The zero-order valence-electron chi connectivity index (χ0n) is 24.5. The molecule has 0 aliphatic carbocycles. The van der Waals surface area contributed by atoms with Gasteiger partial charge in [0.1, 0.15) is 33.4 Å². The van der Waals surface area contributed by atoms with Gasteiger partial charge in [0.2, 0.25) is 0 Å². The number of anilines is 3. The highest BCUT2D eigenvalue weighted by Gasteiger charge is 2.18. The number of pyridine rings is 1. The van der Waals surface area contributed by atoms with E-state index in [-0.39, 0.29) is 0 Å². The molecule has 0 spiro atoms. The third-order valence-corrected chi connectivity index (χ3v) is 8.91. The lowest BCUT2D eigenvalue weighted by Gasteiger charge is -2.25. The summed E-state index contributed by atoms with van der Waals surface area (Å²) in [5, 5.41) is 5.40. The number of rotatable bonds is 4. The molecule has 0 saturated carbocycles. The molecule has 6 aromatic carbocycles. The standard InChI is InChI=1S/C41H24N2O3/c1-4-10-35-30(7-1)32-19-17-29(23-39(32)45-35)43(28-18-20-38-34(22-28)31-8-2-5-11-36(31)44-38)27-15-13-25(14-16-27)26-21-40-41(42-24-26)33-9-3-6-12-37(33)46-40/h1-24H. The summed E-state index contributed by atoms with van der Waals surface area (Å²) in [6, 6.07) is 47.8. The van der Waals surface area contributed by atoms with E-state index in [2.05, 4.69) is 83.8 Å². The van der Waals surface area contributed by atoms with Gasteiger partial charge in [-0.15, -0.1) is 0 Å². The molecule has 0 bridgehead atoms. The van der Waals surface area contributed by atoms with Crippen LogP contribution in [0.5, 0.6) is 0 Å². The van der Waals surface area contributed by atoms with Gasteiger partial charge in [0.05, 0.1) is 0 Å². The smallest absolute Gasteiger partial charge is 0.154 e. The Kier molecular flexibility index (Phi) is 5.22. The number of aromatic nitrogens is 1. The normalized spacial score (nSPS) is 11.9. The van der Waals surface area contributed by atoms with Crippen molar-refractivity contribution < 1.29 is 13.3 Å². The van der Waals surface area contributed by atoms with Crippen LogP contribution < -0.4 is 4.90 Å². The third kappa shape index (κ3) is 3.79. The van der Waals surface area contributed by atoms with E-state index in [1.54, 1.807) is 0 Å². The molecule has 0 radical (unpaired) electrons. The highest BCUT2D eigenvalue weighted by molar-refractivity contribution is 6.08. The molecule has 10 aromatic rings. The number of hydrogen-bond acceptors (Lipinski definition) is 5. The van der Waals surface area contributed by atoms with Crippen molar-refractivity contribution in [2.24, 2.45) is 0 Å². The van der Waals surface area contributed by atoms with E-state index in [4.69, 9.17) is 18.2 Å². The molecular weight excluding hydrogens is 568 g/mol. The Labute approximate surface area is 262 Å². The minimum absolute atomic E-state index is 0.782. The van der Waals surface area contributed by atoms with Gasteiger partial charge in [0.15, 0.2) is 5.58 Å². The molecule has 0 amide bonds. The van der Waals surface area contributed by atoms with Crippen LogP contribution >= 0.6 is 0 Å². The number of hydrogen-bond donors (Lipinski definition) is 0. The summed E-state index contributed by atoms with van der Waals surface area (Å²) < 4.78 is 18.6. The van der Waals surface area contributed by atoms with Crippen LogP contribution in [0.1, 0.15) is 0 Å². The van der Waals surface area contributed by atoms with Crippen molar-refractivity contribution in [1.82, 2.24) is 4.98 Å². The summed E-state index contributed by atoms with van der Waals surface area (Å²) in [4.78, 5) is 7.03. The van der Waals surface area contributed by atoms with Gasteiger partial charge in [-0.3, -0.25) is 4.98 Å². The molecule has 0 unspecified atom stereocenters. The second kappa shape index (κ2) is 9.58. The van der Waals surface area contributed by atoms with E-state index in [1.165, 1.54) is 0 Å². The largest absolute Gasteiger partial charge is 0.456 e. The Hall–Kier alpha value is -6.33. The molecule has 0 N–H and O–H groups in total. The molecule has 10 rings (SSSR count). The second-order valence-electron chi connectivity index (χ2n) is 11.6. The van der Waals surface area contributed by atoms with E-state index in [0.717, 1.165) is 94.1 Å². The fourth-order valence-corrected chi connectivity index (χ4v) is 6.71. The average Bonchev–Trinajstić information content (AvgIpc) is 3.79. The lowest BCUT2D eigenvalue weighted by Crippen LogP contribution is -2.09. The van der Waals surface area contributed by atoms with Crippen molar-refractivity contribution in [3.05, 3.63) is 146 Å². The first-order valence-corrected chi connectivity index (χ1v) is 15.3. The molecule has 5 heteroatoms. The monoisotopic (exact) mass is 592 g/mol. The zero-order chi connectivity index (χ0) is 30.2. The number of para-hydroxylation sites is 3. The average molecular weight is 593 g/mol. The van der Waals surface area contributed by atoms with Crippen molar-refractivity contribution in [2.75, 3.05) is 4.90 Å². The summed E-state index contributed by atoms with van der Waals surface area (Å²) >= 11 is 0. The Morgan fingerprint density at radius 2 is 0.913 bits per heavy atom. The quantitative estimate of drug-likeness (QED) is 0.203. The third-order valence-electron chi connectivity index (χ3n) is 8.91. The number of furan rings is 3. The Bertz CT molecular complexity index is 2770. The summed E-state index contributed by atoms with van der Waals surface area (Å²) in [5.41, 5.74) is 11.1. The van der Waals surface area contributed by atoms with Gasteiger partial charge in [0, 0.05) is 61.8 Å². The first-order chi connectivity index (χ1) is 22.8. The van der Waals surface area contributed by atoms with Crippen molar-refractivity contribution in [1.29, 1.82) is 0 Å². The fraction of sp³-hybridized carbons (Fsp3) is 0. The van der Waals surface area contributed by atoms with Crippen LogP contribution in [0.4, 0.5) is 17.1 Å². The van der Waals surface area contributed by atoms with Gasteiger partial charge in [-0.2, -0.15) is 0 Å². The molecule has 5 nitrogen and oxygen atoms in total. The molecule has 0 aliphatic heterocycles. The summed E-state index contributed by atoms with van der Waals surface area (Å²) in [6.45, 7) is 0. The molecule has 0 aliphatic rings. The van der Waals surface area contributed by atoms with Gasteiger partial charge in [-0.1, -0.05) is 60.7 Å². The Balaban J connectivity index is 1.12. The molecule has 0 fully saturated rings. The minimum atomic E-state index is 0.782. The lowest BCUT2D eigenvalue weighted by molar-refractivity contribution is 0.668. The van der Waals surface area contributed by atoms with E-state index in [9.17, 15) is 0 Å². The first-order valence-electron chi connectivity index (χ1n) is 15.3. The molecule has 4 aromatic heterocycles. The fourth-order valence-electron chi connectivity index (χ4n) is 6.71. The van der Waals surface area contributed by atoms with E-state index < -0.39 is 0 Å². The van der Waals surface area contributed by atoms with Crippen molar-refractivity contribution in [2.45, 2.75) is 0 Å². The van der Waals surface area contributed by atoms with Crippen molar-refractivity contribution in [3.63, 3.8) is 0 Å². The van der Waals surface area contributed by atoms with Crippen LogP contribution in [0.15, 0.2) is 159 Å². The van der Waals surface area contributed by atoms with Crippen LogP contribution in [0, 0.1) is 0 Å². The van der Waals surface area contributed by atoms with Gasteiger partial charge >= 0.3 is 0 Å². The maximum atomic E-state index is 6.31.